The maximum Gasteiger partial charge on any atom is 0.255 e. The molecule has 7 nitrogen and oxygen atoms in total. The van der Waals surface area contributed by atoms with E-state index in [1.807, 2.05) is 19.9 Å². The monoisotopic (exact) mass is 469 g/mol. The highest BCUT2D eigenvalue weighted by Crippen LogP contribution is 2.49. The van der Waals surface area contributed by atoms with E-state index >= 15 is 4.39 Å². The van der Waals surface area contributed by atoms with Crippen molar-refractivity contribution >= 4 is 27.5 Å². The minimum Gasteiger partial charge on any atom is -0.386 e. The number of halogens is 1. The van der Waals surface area contributed by atoms with Gasteiger partial charge < -0.3 is 11.1 Å². The van der Waals surface area contributed by atoms with Crippen molar-refractivity contribution in [2.45, 2.75) is 49.7 Å². The lowest BCUT2D eigenvalue weighted by Gasteiger charge is -2.50. The van der Waals surface area contributed by atoms with Gasteiger partial charge >= 0.3 is 0 Å². The van der Waals surface area contributed by atoms with Crippen LogP contribution in [0, 0.1) is 24.1 Å². The summed E-state index contributed by atoms with van der Waals surface area (Å²) in [6.07, 6.45) is 0.578. The average Bonchev–Trinajstić information content (AvgIpc) is 3.18. The molecule has 33 heavy (non-hydrogen) atoms. The number of hydrogen-bond acceptors (Lipinski definition) is 5. The van der Waals surface area contributed by atoms with Crippen molar-refractivity contribution in [2.75, 3.05) is 11.9 Å². The topological polar surface area (TPSA) is 120 Å². The van der Waals surface area contributed by atoms with Crippen LogP contribution in [0.3, 0.4) is 0 Å². The van der Waals surface area contributed by atoms with Crippen molar-refractivity contribution < 1.29 is 13.4 Å². The van der Waals surface area contributed by atoms with Crippen LogP contribution in [-0.4, -0.2) is 32.5 Å². The van der Waals surface area contributed by atoms with Crippen molar-refractivity contribution in [1.82, 2.24) is 4.72 Å². The summed E-state index contributed by atoms with van der Waals surface area (Å²) in [6, 6.07) is 11.1. The largest absolute Gasteiger partial charge is 0.386 e. The zero-order valence-electron chi connectivity index (χ0n) is 19.1. The molecular formula is C24H28FN5O2S. The minimum atomic E-state index is -3.03. The van der Waals surface area contributed by atoms with Gasteiger partial charge in [0, 0.05) is 23.4 Å². The third-order valence-corrected chi connectivity index (χ3v) is 11.3. The van der Waals surface area contributed by atoms with Crippen molar-refractivity contribution in [3.8, 4) is 6.07 Å². The quantitative estimate of drug-likeness (QED) is 0.517. The van der Waals surface area contributed by atoms with Crippen LogP contribution in [0.25, 0.3) is 0 Å². The van der Waals surface area contributed by atoms with Crippen LogP contribution in [-0.2, 0) is 15.7 Å². The van der Waals surface area contributed by atoms with Gasteiger partial charge in [-0.15, -0.1) is 0 Å². The number of amides is 1. The summed E-state index contributed by atoms with van der Waals surface area (Å²) >= 11 is 0. The Morgan fingerprint density at radius 1 is 1.30 bits per heavy atom. The van der Waals surface area contributed by atoms with Crippen molar-refractivity contribution in [3.05, 3.63) is 64.5 Å². The lowest BCUT2D eigenvalue weighted by Crippen LogP contribution is -2.64. The van der Waals surface area contributed by atoms with Gasteiger partial charge in [0.25, 0.3) is 5.91 Å². The molecular weight excluding hydrogens is 441 g/mol. The Labute approximate surface area is 193 Å². The van der Waals surface area contributed by atoms with Gasteiger partial charge in [-0.05, 0) is 86.2 Å². The molecule has 0 radical (unpaired) electrons. The van der Waals surface area contributed by atoms with Crippen molar-refractivity contribution in [1.29, 1.82) is 5.26 Å². The molecule has 2 aliphatic heterocycles. The van der Waals surface area contributed by atoms with Crippen LogP contribution in [0.1, 0.15) is 54.2 Å². The molecule has 2 aromatic carbocycles. The van der Waals surface area contributed by atoms with Crippen LogP contribution in [0.2, 0.25) is 0 Å². The summed E-state index contributed by atoms with van der Waals surface area (Å²) in [6.45, 7) is 7.67. The summed E-state index contributed by atoms with van der Waals surface area (Å²) in [5.41, 5.74) is 7.30. The predicted octanol–water partition coefficient (Wildman–Crippen LogP) is 2.92. The van der Waals surface area contributed by atoms with E-state index in [9.17, 15) is 9.00 Å². The van der Waals surface area contributed by atoms with Gasteiger partial charge in [-0.3, -0.25) is 18.7 Å². The number of benzene rings is 2. The van der Waals surface area contributed by atoms with E-state index < -0.39 is 31.5 Å². The second-order valence-corrected chi connectivity index (χ2v) is 12.7. The minimum absolute atomic E-state index is 0.223. The van der Waals surface area contributed by atoms with Crippen LogP contribution in [0.4, 0.5) is 10.1 Å². The van der Waals surface area contributed by atoms with Gasteiger partial charge in [-0.1, -0.05) is 0 Å². The maximum atomic E-state index is 15.1. The van der Waals surface area contributed by atoms with Gasteiger partial charge in [-0.25, -0.2) is 4.39 Å². The number of nitrogens with one attached hydrogen (secondary N) is 2. The number of aryl methyl sites for hydroxylation is 1. The number of nitriles is 1. The molecule has 0 aromatic heterocycles. The highest BCUT2D eigenvalue weighted by molar-refractivity contribution is 8.04. The number of amidine groups is 1. The van der Waals surface area contributed by atoms with Crippen LogP contribution in [0.5, 0.6) is 0 Å². The summed E-state index contributed by atoms with van der Waals surface area (Å²) in [4.78, 5) is 17.6. The molecule has 0 spiro atoms. The predicted molar refractivity (Wildman–Crippen MR) is 129 cm³/mol. The summed E-state index contributed by atoms with van der Waals surface area (Å²) in [5, 5.41) is 11.4. The Morgan fingerprint density at radius 3 is 2.70 bits per heavy atom. The zero-order chi connectivity index (χ0) is 24.2. The second-order valence-electron chi connectivity index (χ2n) is 9.36. The second kappa shape index (κ2) is 7.75. The molecule has 9 heteroatoms. The third kappa shape index (κ3) is 3.45. The number of carbonyl (C=O) groups excluding carboxylic acids is 1. The smallest absolute Gasteiger partial charge is 0.255 e. The first-order valence-electron chi connectivity index (χ1n) is 10.8. The van der Waals surface area contributed by atoms with Crippen molar-refractivity contribution in [3.63, 3.8) is 0 Å². The number of rotatable bonds is 3. The van der Waals surface area contributed by atoms with Crippen LogP contribution in [0.15, 0.2) is 41.4 Å². The fourth-order valence-electron chi connectivity index (χ4n) is 4.93. The molecule has 4 rings (SSSR count). The van der Waals surface area contributed by atoms with E-state index in [2.05, 4.69) is 10.0 Å². The molecule has 1 saturated heterocycles. The molecule has 0 saturated carbocycles. The van der Waals surface area contributed by atoms with E-state index in [1.54, 1.807) is 38.1 Å². The first-order valence-corrected chi connectivity index (χ1v) is 12.5. The molecule has 2 aliphatic rings. The molecule has 0 bridgehead atoms. The van der Waals surface area contributed by atoms with E-state index in [0.717, 1.165) is 0 Å². The average molecular weight is 470 g/mol. The lowest BCUT2D eigenvalue weighted by atomic mass is 9.85. The summed E-state index contributed by atoms with van der Waals surface area (Å²) < 4.78 is 31.5. The fraction of sp³-hybridized carbons (Fsp3) is 0.375. The van der Waals surface area contributed by atoms with E-state index in [1.165, 1.54) is 12.1 Å². The van der Waals surface area contributed by atoms with E-state index in [-0.39, 0.29) is 17.3 Å². The Bertz CT molecular complexity index is 1280. The van der Waals surface area contributed by atoms with Gasteiger partial charge in [0.1, 0.15) is 17.2 Å². The van der Waals surface area contributed by atoms with Gasteiger partial charge in [0.2, 0.25) is 0 Å². The lowest BCUT2D eigenvalue weighted by molar-refractivity contribution is 0.102. The molecule has 174 valence electrons. The number of thiol groups is 1. The normalized spacial score (nSPS) is 25.9. The molecule has 2 heterocycles. The first-order chi connectivity index (χ1) is 15.4. The van der Waals surface area contributed by atoms with E-state index in [0.29, 0.717) is 35.3 Å². The number of nitrogens with two attached hydrogens (primary N) is 1. The highest BCUT2D eigenvalue weighted by Gasteiger charge is 2.58. The Hall–Kier alpha value is -3.09. The summed E-state index contributed by atoms with van der Waals surface area (Å²) in [5.74, 6) is -0.651. The molecule has 1 amide bonds. The number of carbonyl (C=O) groups is 1. The molecule has 0 aliphatic carbocycles. The number of fused-ring (bicyclic) bond motifs is 1. The Morgan fingerprint density at radius 2 is 2.03 bits per heavy atom. The van der Waals surface area contributed by atoms with Crippen molar-refractivity contribution in [2.24, 2.45) is 10.7 Å². The van der Waals surface area contributed by atoms with Crippen LogP contribution < -0.4 is 15.8 Å². The summed E-state index contributed by atoms with van der Waals surface area (Å²) in [7, 11) is -3.03. The molecule has 1 fully saturated rings. The van der Waals surface area contributed by atoms with Gasteiger partial charge in [0.15, 0.2) is 0 Å². The standard InChI is InChI=1S/C24H28FN5O2S/c1-14-11-15(13-26)5-7-17(14)21(31)29-16-6-8-19(25)18(12-16)24(4)20-9-10-28-33(20,32)23(2,3)22(27)30-24/h5-8,11-12,20,33H,9-10H2,1-4H3,(H2,27,30)(H,28,32)(H,29,31)/t20-,24+/m0/s1. The molecule has 4 N–H and O–H groups in total. The number of nitrogens with zero attached hydrogens (tertiary/aromatic N) is 2. The Balaban J connectivity index is 1.74. The molecule has 0 unspecified atom stereocenters. The third-order valence-electron chi connectivity index (χ3n) is 7.03. The fourth-order valence-corrected chi connectivity index (χ4v) is 8.57. The highest BCUT2D eigenvalue weighted by atomic mass is 32.3. The Kier molecular flexibility index (Phi) is 5.42. The van der Waals surface area contributed by atoms with Gasteiger partial charge in [0.05, 0.1) is 21.6 Å². The zero-order valence-corrected chi connectivity index (χ0v) is 20.0. The first kappa shape index (κ1) is 23.1. The number of anilines is 1. The number of aliphatic imine (C=N–C) groups is 1. The SMILES string of the molecule is Cc1cc(C#N)ccc1C(=O)Nc1ccc(F)c([C@@]2(C)N=C(N)C(C)(C)[SH]3(=O)NCC[C@@H]23)c1. The molecule has 2 atom stereocenters. The number of hydrogen-bond donors (Lipinski definition) is 4. The van der Waals surface area contributed by atoms with Gasteiger partial charge in [-0.2, -0.15) is 5.26 Å². The van der Waals surface area contributed by atoms with Crippen LogP contribution >= 0.6 is 0 Å². The molecule has 2 aromatic rings. The maximum absolute atomic E-state index is 15.1. The van der Waals surface area contributed by atoms with E-state index in [4.69, 9.17) is 16.0 Å².